The number of phenolic OH excluding ortho intramolecular Hbond substituents is 1. The molecule has 0 aromatic heterocycles. The number of phenols is 1. The highest BCUT2D eigenvalue weighted by Gasteiger charge is 2.13. The Morgan fingerprint density at radius 1 is 1.04 bits per heavy atom. The summed E-state index contributed by atoms with van der Waals surface area (Å²) in [4.78, 5) is 10.4. The van der Waals surface area contributed by atoms with Crippen LogP contribution >= 0.6 is 0 Å². The number of aryl methyl sites for hydroxylation is 1. The first-order chi connectivity index (χ1) is 11.2. The fourth-order valence-electron chi connectivity index (χ4n) is 1.72. The van der Waals surface area contributed by atoms with Gasteiger partial charge in [0.05, 0.1) is 5.75 Å². The maximum Gasteiger partial charge on any atom is 0.325 e. The molecule has 5 N–H and O–H groups in total. The monoisotopic (exact) mass is 353 g/mol. The third-order valence-corrected chi connectivity index (χ3v) is 3.73. The van der Waals surface area contributed by atoms with Crippen molar-refractivity contribution >= 4 is 16.1 Å². The Balaban J connectivity index is 0.000000240. The molecule has 7 nitrogen and oxygen atoms in total. The van der Waals surface area contributed by atoms with Gasteiger partial charge in [0.25, 0.3) is 10.1 Å². The van der Waals surface area contributed by atoms with Crippen LogP contribution in [0.5, 0.6) is 5.75 Å². The molecule has 0 radical (unpaired) electrons. The van der Waals surface area contributed by atoms with Gasteiger partial charge in [-0.15, -0.1) is 0 Å². The van der Waals surface area contributed by atoms with Crippen LogP contribution < -0.4 is 5.73 Å². The molecule has 8 heteroatoms. The molecular weight excluding hydrogens is 334 g/mol. The molecule has 0 heterocycles. The molecule has 2 aromatic rings. The summed E-state index contributed by atoms with van der Waals surface area (Å²) in [6.07, 6.45) is 0.361. The number of aromatic hydroxyl groups is 1. The van der Waals surface area contributed by atoms with Crippen LogP contribution in [-0.4, -0.2) is 34.9 Å². The van der Waals surface area contributed by atoms with Crippen molar-refractivity contribution in [1.29, 1.82) is 0 Å². The van der Waals surface area contributed by atoms with Gasteiger partial charge in [-0.2, -0.15) is 8.42 Å². The first-order valence-corrected chi connectivity index (χ1v) is 8.56. The maximum absolute atomic E-state index is 10.4. The van der Waals surface area contributed by atoms with Crippen LogP contribution in [-0.2, 0) is 21.3 Å². The van der Waals surface area contributed by atoms with E-state index in [0.717, 1.165) is 5.56 Å². The molecule has 0 bridgehead atoms. The minimum absolute atomic E-state index is 0.0938. The van der Waals surface area contributed by atoms with Gasteiger partial charge in [0, 0.05) is 0 Å². The minimum atomic E-state index is -3.82. The molecule has 0 fully saturated rings. The van der Waals surface area contributed by atoms with E-state index in [1.165, 1.54) is 24.3 Å². The Hall–Kier alpha value is -2.42. The summed E-state index contributed by atoms with van der Waals surface area (Å²) in [5.41, 5.74) is 6.69. The molecule has 0 saturated heterocycles. The number of hydrogen-bond acceptors (Lipinski definition) is 5. The van der Waals surface area contributed by atoms with E-state index in [2.05, 4.69) is 0 Å². The molecule has 1 unspecified atom stereocenters. The fraction of sp³-hybridized carbons (Fsp3) is 0.188. The van der Waals surface area contributed by atoms with Crippen LogP contribution in [0.25, 0.3) is 0 Å². The Bertz CT molecular complexity index is 744. The van der Waals surface area contributed by atoms with Gasteiger partial charge >= 0.3 is 5.97 Å². The van der Waals surface area contributed by atoms with Crippen LogP contribution in [0, 0.1) is 0 Å². The molecule has 1 atom stereocenters. The van der Waals surface area contributed by atoms with Crippen LogP contribution in [0.3, 0.4) is 0 Å². The summed E-state index contributed by atoms with van der Waals surface area (Å²) in [6.45, 7) is 0. The fourth-order valence-corrected chi connectivity index (χ4v) is 2.21. The van der Waals surface area contributed by atoms with E-state index in [9.17, 15) is 13.2 Å². The van der Waals surface area contributed by atoms with E-state index >= 15 is 0 Å². The predicted molar refractivity (Wildman–Crippen MR) is 89.2 cm³/mol. The molecule has 2 aromatic carbocycles. The molecule has 0 aliphatic rings. The summed E-state index contributed by atoms with van der Waals surface area (Å²) >= 11 is 0. The number of aliphatic carboxylic acids is 1. The minimum Gasteiger partial charge on any atom is -0.508 e. The molecule has 0 aliphatic heterocycles. The topological polar surface area (TPSA) is 138 Å². The van der Waals surface area contributed by atoms with Crippen molar-refractivity contribution in [3.8, 4) is 5.75 Å². The average molecular weight is 353 g/mol. The molecule has 0 saturated carbocycles. The Morgan fingerprint density at radius 2 is 1.58 bits per heavy atom. The van der Waals surface area contributed by atoms with Gasteiger partial charge in [0.1, 0.15) is 11.8 Å². The second-order valence-corrected chi connectivity index (χ2v) is 6.50. The number of rotatable bonds is 5. The van der Waals surface area contributed by atoms with Gasteiger partial charge in [-0.05, 0) is 29.7 Å². The van der Waals surface area contributed by atoms with E-state index in [0.29, 0.717) is 12.0 Å². The predicted octanol–water partition coefficient (Wildman–Crippen LogP) is 1.59. The zero-order valence-corrected chi connectivity index (χ0v) is 13.6. The number of nitrogens with two attached hydrogens (primary N) is 1. The van der Waals surface area contributed by atoms with Gasteiger partial charge in [0.2, 0.25) is 0 Å². The second kappa shape index (κ2) is 9.02. The SMILES string of the molecule is NC(C(=O)O)c1ccc(O)cc1.O=S(=O)(O)CCc1ccccc1. The van der Waals surface area contributed by atoms with E-state index in [1.807, 2.05) is 30.3 Å². The first kappa shape index (κ1) is 19.6. The van der Waals surface area contributed by atoms with E-state index in [-0.39, 0.29) is 11.5 Å². The summed E-state index contributed by atoms with van der Waals surface area (Å²) in [5, 5.41) is 17.4. The lowest BCUT2D eigenvalue weighted by molar-refractivity contribution is -0.138. The van der Waals surface area contributed by atoms with E-state index in [1.54, 1.807) is 0 Å². The molecule has 0 aliphatic carbocycles. The highest BCUT2D eigenvalue weighted by molar-refractivity contribution is 7.85. The van der Waals surface area contributed by atoms with Crippen molar-refractivity contribution in [3.63, 3.8) is 0 Å². The summed E-state index contributed by atoms with van der Waals surface area (Å²) in [5.74, 6) is -1.20. The standard InChI is InChI=1S/C8H9NO3.C8H10O3S/c9-7(8(11)12)5-1-3-6(10)4-2-5;9-12(10,11)7-6-8-4-2-1-3-5-8/h1-4,7,10H,9H2,(H,11,12);1-5H,6-7H2,(H,9,10,11). The number of carboxylic acid groups (broad SMARTS) is 1. The molecule has 24 heavy (non-hydrogen) atoms. The van der Waals surface area contributed by atoms with E-state index < -0.39 is 22.1 Å². The van der Waals surface area contributed by atoms with Crippen LogP contribution in [0.2, 0.25) is 0 Å². The molecule has 2 rings (SSSR count). The Kier molecular flexibility index (Phi) is 7.37. The van der Waals surface area contributed by atoms with Crippen molar-refractivity contribution < 1.29 is 28.0 Å². The highest BCUT2D eigenvalue weighted by Crippen LogP contribution is 2.14. The number of hydrogen-bond donors (Lipinski definition) is 4. The molecule has 0 spiro atoms. The average Bonchev–Trinajstić information content (AvgIpc) is 2.54. The molecular formula is C16H19NO6S. The van der Waals surface area contributed by atoms with Crippen LogP contribution in [0.15, 0.2) is 54.6 Å². The summed E-state index contributed by atoms with van der Waals surface area (Å²) in [7, 11) is -3.82. The summed E-state index contributed by atoms with van der Waals surface area (Å²) < 4.78 is 29.2. The van der Waals surface area contributed by atoms with Crippen molar-refractivity contribution in [2.24, 2.45) is 5.73 Å². The molecule has 0 amide bonds. The van der Waals surface area contributed by atoms with Gasteiger partial charge < -0.3 is 15.9 Å². The smallest absolute Gasteiger partial charge is 0.325 e. The number of benzene rings is 2. The highest BCUT2D eigenvalue weighted by atomic mass is 32.2. The first-order valence-electron chi connectivity index (χ1n) is 6.95. The normalized spacial score (nSPS) is 11.9. The van der Waals surface area contributed by atoms with E-state index in [4.69, 9.17) is 20.5 Å². The lowest BCUT2D eigenvalue weighted by Crippen LogP contribution is -2.20. The van der Waals surface area contributed by atoms with Gasteiger partial charge in [-0.1, -0.05) is 42.5 Å². The number of carboxylic acids is 1. The number of carbonyl (C=O) groups is 1. The zero-order chi connectivity index (χ0) is 18.2. The van der Waals surface area contributed by atoms with Crippen LogP contribution in [0.1, 0.15) is 17.2 Å². The van der Waals surface area contributed by atoms with Crippen molar-refractivity contribution in [2.45, 2.75) is 12.5 Å². The van der Waals surface area contributed by atoms with Crippen molar-refractivity contribution in [3.05, 3.63) is 65.7 Å². The lowest BCUT2D eigenvalue weighted by atomic mass is 10.1. The maximum atomic E-state index is 10.4. The zero-order valence-electron chi connectivity index (χ0n) is 12.7. The summed E-state index contributed by atoms with van der Waals surface area (Å²) in [6, 6.07) is 13.9. The third-order valence-electron chi connectivity index (χ3n) is 3.01. The second-order valence-electron chi connectivity index (χ2n) is 4.93. The van der Waals surface area contributed by atoms with Gasteiger partial charge in [0.15, 0.2) is 0 Å². The quantitative estimate of drug-likeness (QED) is 0.599. The van der Waals surface area contributed by atoms with Gasteiger partial charge in [-0.25, -0.2) is 0 Å². The third kappa shape index (κ3) is 7.73. The van der Waals surface area contributed by atoms with Crippen molar-refractivity contribution in [1.82, 2.24) is 0 Å². The van der Waals surface area contributed by atoms with Crippen LogP contribution in [0.4, 0.5) is 0 Å². The largest absolute Gasteiger partial charge is 0.508 e. The Morgan fingerprint density at radius 3 is 2.04 bits per heavy atom. The lowest BCUT2D eigenvalue weighted by Gasteiger charge is -2.05. The van der Waals surface area contributed by atoms with Crippen molar-refractivity contribution in [2.75, 3.05) is 5.75 Å². The molecule has 130 valence electrons. The van der Waals surface area contributed by atoms with Gasteiger partial charge in [-0.3, -0.25) is 9.35 Å². The Labute approximate surface area is 140 Å².